The monoisotopic (exact) mass is 487 g/mol. The SMILES string of the molecule is Cc1c(-c2nnc(N3CCCCC3)o2)nn(-c2ccc(Cl)cc2Cl)c1-c1ccc(Cl)cc1. The van der Waals surface area contributed by atoms with Crippen LogP contribution in [0.15, 0.2) is 46.9 Å². The average Bonchev–Trinajstić information content (AvgIpc) is 3.40. The fourth-order valence-corrected chi connectivity index (χ4v) is 4.61. The van der Waals surface area contributed by atoms with E-state index in [1.54, 1.807) is 16.8 Å². The molecule has 0 saturated carbocycles. The highest BCUT2D eigenvalue weighted by atomic mass is 35.5. The second kappa shape index (κ2) is 8.77. The third-order valence-electron chi connectivity index (χ3n) is 5.62. The summed E-state index contributed by atoms with van der Waals surface area (Å²) in [6.45, 7) is 3.83. The van der Waals surface area contributed by atoms with Crippen LogP contribution in [0, 0.1) is 6.92 Å². The lowest BCUT2D eigenvalue weighted by Crippen LogP contribution is -2.29. The van der Waals surface area contributed by atoms with Gasteiger partial charge in [0.25, 0.3) is 5.89 Å². The minimum absolute atomic E-state index is 0.377. The van der Waals surface area contributed by atoms with Crippen LogP contribution in [0.1, 0.15) is 24.8 Å². The van der Waals surface area contributed by atoms with Crippen molar-refractivity contribution >= 4 is 40.8 Å². The van der Waals surface area contributed by atoms with Gasteiger partial charge < -0.3 is 9.32 Å². The van der Waals surface area contributed by atoms with Crippen LogP contribution in [-0.4, -0.2) is 33.1 Å². The second-order valence-corrected chi connectivity index (χ2v) is 9.05. The number of aromatic nitrogens is 4. The van der Waals surface area contributed by atoms with Crippen molar-refractivity contribution in [2.24, 2.45) is 0 Å². The summed E-state index contributed by atoms with van der Waals surface area (Å²) >= 11 is 18.8. The average molecular weight is 489 g/mol. The van der Waals surface area contributed by atoms with Gasteiger partial charge in [-0.1, -0.05) is 52.0 Å². The fraction of sp³-hybridized carbons (Fsp3) is 0.261. The largest absolute Gasteiger partial charge is 0.401 e. The molecule has 0 radical (unpaired) electrons. The molecule has 9 heteroatoms. The maximum atomic E-state index is 6.54. The minimum atomic E-state index is 0.377. The third kappa shape index (κ3) is 3.98. The molecular weight excluding hydrogens is 469 g/mol. The molecule has 0 spiro atoms. The molecule has 32 heavy (non-hydrogen) atoms. The van der Waals surface area contributed by atoms with Gasteiger partial charge in [-0.15, -0.1) is 5.10 Å². The molecule has 5 rings (SSSR count). The van der Waals surface area contributed by atoms with Crippen LogP contribution in [0.5, 0.6) is 0 Å². The van der Waals surface area contributed by atoms with Crippen LogP contribution in [0.4, 0.5) is 6.01 Å². The highest BCUT2D eigenvalue weighted by Gasteiger charge is 2.25. The molecule has 1 fully saturated rings. The topological polar surface area (TPSA) is 60.0 Å². The van der Waals surface area contributed by atoms with Gasteiger partial charge in [0.2, 0.25) is 0 Å². The number of anilines is 1. The zero-order chi connectivity index (χ0) is 22.2. The molecule has 4 aromatic rings. The lowest BCUT2D eigenvalue weighted by atomic mass is 10.1. The number of halogens is 3. The van der Waals surface area contributed by atoms with Crippen molar-refractivity contribution in [3.63, 3.8) is 0 Å². The number of rotatable bonds is 4. The second-order valence-electron chi connectivity index (χ2n) is 7.77. The molecule has 3 heterocycles. The van der Waals surface area contributed by atoms with Crippen molar-refractivity contribution in [3.8, 4) is 28.5 Å². The Bertz CT molecular complexity index is 1260. The van der Waals surface area contributed by atoms with Gasteiger partial charge >= 0.3 is 6.01 Å². The summed E-state index contributed by atoms with van der Waals surface area (Å²) < 4.78 is 7.84. The highest BCUT2D eigenvalue weighted by Crippen LogP contribution is 2.36. The summed E-state index contributed by atoms with van der Waals surface area (Å²) in [6.07, 6.45) is 3.48. The molecule has 1 aliphatic heterocycles. The van der Waals surface area contributed by atoms with Crippen LogP contribution >= 0.6 is 34.8 Å². The Balaban J connectivity index is 1.64. The Labute approximate surface area is 200 Å². The first-order valence-electron chi connectivity index (χ1n) is 10.4. The molecule has 1 saturated heterocycles. The number of nitrogens with zero attached hydrogens (tertiary/aromatic N) is 5. The molecule has 0 N–H and O–H groups in total. The first-order chi connectivity index (χ1) is 15.5. The van der Waals surface area contributed by atoms with Gasteiger partial charge in [-0.2, -0.15) is 5.10 Å². The van der Waals surface area contributed by atoms with Crippen LogP contribution in [0.3, 0.4) is 0 Å². The minimum Gasteiger partial charge on any atom is -0.401 e. The Morgan fingerprint density at radius 3 is 2.31 bits per heavy atom. The standard InChI is InChI=1S/C23H20Cl3N5O/c1-14-20(22-27-28-23(32-22)30-11-3-2-4-12-30)29-31(19-10-9-17(25)13-18(19)26)21(14)15-5-7-16(24)8-6-15/h5-10,13H,2-4,11-12H2,1H3. The Morgan fingerprint density at radius 2 is 1.59 bits per heavy atom. The summed E-state index contributed by atoms with van der Waals surface area (Å²) in [6, 6.07) is 13.4. The van der Waals surface area contributed by atoms with Crippen LogP contribution < -0.4 is 4.90 Å². The molecular formula is C23H20Cl3N5O. The first kappa shape index (κ1) is 21.3. The van der Waals surface area contributed by atoms with E-state index in [4.69, 9.17) is 44.3 Å². The zero-order valence-electron chi connectivity index (χ0n) is 17.4. The van der Waals surface area contributed by atoms with Crippen molar-refractivity contribution in [2.45, 2.75) is 26.2 Å². The van der Waals surface area contributed by atoms with E-state index in [1.165, 1.54) is 6.42 Å². The molecule has 0 unspecified atom stereocenters. The first-order valence-corrected chi connectivity index (χ1v) is 11.5. The summed E-state index contributed by atoms with van der Waals surface area (Å²) in [4.78, 5) is 2.13. The highest BCUT2D eigenvalue weighted by molar-refractivity contribution is 6.35. The van der Waals surface area contributed by atoms with Crippen molar-refractivity contribution < 1.29 is 4.42 Å². The van der Waals surface area contributed by atoms with Crippen molar-refractivity contribution in [2.75, 3.05) is 18.0 Å². The quantitative estimate of drug-likeness (QED) is 0.314. The van der Waals surface area contributed by atoms with Crippen LogP contribution in [0.2, 0.25) is 15.1 Å². The lowest BCUT2D eigenvalue weighted by Gasteiger charge is -2.23. The van der Waals surface area contributed by atoms with E-state index in [-0.39, 0.29) is 0 Å². The van der Waals surface area contributed by atoms with Crippen molar-refractivity contribution in [1.29, 1.82) is 0 Å². The maximum Gasteiger partial charge on any atom is 0.318 e. The molecule has 0 aliphatic carbocycles. The van der Waals surface area contributed by atoms with E-state index in [1.807, 2.05) is 37.3 Å². The molecule has 1 aliphatic rings. The van der Waals surface area contributed by atoms with Crippen LogP contribution in [0.25, 0.3) is 28.5 Å². The van der Waals surface area contributed by atoms with Gasteiger partial charge in [-0.3, -0.25) is 0 Å². The molecule has 6 nitrogen and oxygen atoms in total. The third-order valence-corrected chi connectivity index (χ3v) is 6.41. The molecule has 0 bridgehead atoms. The lowest BCUT2D eigenvalue weighted by molar-refractivity contribution is 0.496. The predicted octanol–water partition coefficient (Wildman–Crippen LogP) is 6.85. The van der Waals surface area contributed by atoms with Gasteiger partial charge in [-0.05, 0) is 56.5 Å². The van der Waals surface area contributed by atoms with Gasteiger partial charge in [-0.25, -0.2) is 4.68 Å². The van der Waals surface area contributed by atoms with E-state index in [0.29, 0.717) is 38.4 Å². The molecule has 0 amide bonds. The Kier molecular flexibility index (Phi) is 5.84. The van der Waals surface area contributed by atoms with E-state index >= 15 is 0 Å². The normalized spacial score (nSPS) is 14.2. The van der Waals surface area contributed by atoms with Gasteiger partial charge in [0.05, 0.1) is 16.4 Å². The predicted molar refractivity (Wildman–Crippen MR) is 128 cm³/mol. The van der Waals surface area contributed by atoms with Gasteiger partial charge in [0.15, 0.2) is 5.69 Å². The summed E-state index contributed by atoms with van der Waals surface area (Å²) in [5, 5.41) is 15.1. The van der Waals surface area contributed by atoms with E-state index in [9.17, 15) is 0 Å². The van der Waals surface area contributed by atoms with E-state index in [0.717, 1.165) is 42.8 Å². The van der Waals surface area contributed by atoms with Gasteiger partial charge in [0.1, 0.15) is 0 Å². The number of benzene rings is 2. The maximum absolute atomic E-state index is 6.54. The Morgan fingerprint density at radius 1 is 0.875 bits per heavy atom. The summed E-state index contributed by atoms with van der Waals surface area (Å²) in [7, 11) is 0. The van der Waals surface area contributed by atoms with Crippen molar-refractivity contribution in [1.82, 2.24) is 20.0 Å². The number of hydrogen-bond acceptors (Lipinski definition) is 5. The molecule has 2 aromatic heterocycles. The smallest absolute Gasteiger partial charge is 0.318 e. The van der Waals surface area contributed by atoms with E-state index in [2.05, 4.69) is 15.1 Å². The Hall–Kier alpha value is -2.54. The van der Waals surface area contributed by atoms with E-state index < -0.39 is 0 Å². The van der Waals surface area contributed by atoms with Crippen LogP contribution in [-0.2, 0) is 0 Å². The summed E-state index contributed by atoms with van der Waals surface area (Å²) in [5.41, 5.74) is 4.00. The molecule has 2 aromatic carbocycles. The molecule has 0 atom stereocenters. The van der Waals surface area contributed by atoms with Gasteiger partial charge in [0, 0.05) is 34.3 Å². The number of hydrogen-bond donors (Lipinski definition) is 0. The molecule has 164 valence electrons. The van der Waals surface area contributed by atoms with Crippen molar-refractivity contribution in [3.05, 3.63) is 63.1 Å². The zero-order valence-corrected chi connectivity index (χ0v) is 19.6. The summed E-state index contributed by atoms with van der Waals surface area (Å²) in [5.74, 6) is 0.377. The number of piperidine rings is 1. The fourth-order valence-electron chi connectivity index (χ4n) is 4.00.